The van der Waals surface area contributed by atoms with E-state index in [1.165, 1.54) is 6.07 Å². The van der Waals surface area contributed by atoms with Crippen molar-refractivity contribution >= 4 is 15.9 Å². The average Bonchev–Trinajstić information content (AvgIpc) is 2.47. The molecule has 1 N–H and O–H groups in total. The van der Waals surface area contributed by atoms with Gasteiger partial charge in [-0.3, -0.25) is 0 Å². The molecule has 0 spiro atoms. The van der Waals surface area contributed by atoms with Gasteiger partial charge in [-0.25, -0.2) is 4.39 Å². The molecular formula is C17H19BrFNO. The van der Waals surface area contributed by atoms with Gasteiger partial charge in [0.15, 0.2) is 0 Å². The predicted molar refractivity (Wildman–Crippen MR) is 87.2 cm³/mol. The Kier molecular flexibility index (Phi) is 5.76. The molecule has 1 atom stereocenters. The maximum atomic E-state index is 13.7. The molecule has 0 radical (unpaired) electrons. The first-order valence-corrected chi connectivity index (χ1v) is 7.77. The van der Waals surface area contributed by atoms with Crippen LogP contribution in [0.5, 0.6) is 5.75 Å². The van der Waals surface area contributed by atoms with E-state index < -0.39 is 0 Å². The molecule has 4 heteroatoms. The maximum absolute atomic E-state index is 13.7. The van der Waals surface area contributed by atoms with E-state index in [1.807, 2.05) is 30.3 Å². The molecule has 112 valence electrons. The summed E-state index contributed by atoms with van der Waals surface area (Å²) < 4.78 is 19.9. The lowest BCUT2D eigenvalue weighted by molar-refractivity contribution is 0.403. The van der Waals surface area contributed by atoms with Gasteiger partial charge in [-0.15, -0.1) is 0 Å². The summed E-state index contributed by atoms with van der Waals surface area (Å²) in [4.78, 5) is 0. The molecule has 0 aliphatic heterocycles. The summed E-state index contributed by atoms with van der Waals surface area (Å²) in [6.07, 6.45) is 1.00. The molecule has 2 nitrogen and oxygen atoms in total. The van der Waals surface area contributed by atoms with Crippen molar-refractivity contribution in [3.05, 3.63) is 63.9 Å². The fourth-order valence-corrected chi connectivity index (χ4v) is 2.83. The second-order valence-corrected chi connectivity index (χ2v) is 5.75. The molecule has 0 saturated heterocycles. The standard InChI is InChI=1S/C17H19BrFNO/c1-3-8-20-17(12-9-13(18)11-14(19)10-12)15-6-4-5-7-16(15)21-2/h4-7,9-11,17,20H,3,8H2,1-2H3. The van der Waals surface area contributed by atoms with Crippen LogP contribution in [0.4, 0.5) is 4.39 Å². The minimum atomic E-state index is -0.252. The molecule has 0 amide bonds. The van der Waals surface area contributed by atoms with E-state index in [0.29, 0.717) is 0 Å². The van der Waals surface area contributed by atoms with E-state index in [9.17, 15) is 4.39 Å². The highest BCUT2D eigenvalue weighted by Gasteiger charge is 2.18. The second kappa shape index (κ2) is 7.57. The highest BCUT2D eigenvalue weighted by atomic mass is 79.9. The Morgan fingerprint density at radius 2 is 2.00 bits per heavy atom. The number of para-hydroxylation sites is 1. The molecule has 2 aromatic rings. The number of hydrogen-bond acceptors (Lipinski definition) is 2. The van der Waals surface area contributed by atoms with Crippen LogP contribution in [-0.4, -0.2) is 13.7 Å². The number of hydrogen-bond donors (Lipinski definition) is 1. The molecule has 0 saturated carbocycles. The lowest BCUT2D eigenvalue weighted by atomic mass is 9.97. The van der Waals surface area contributed by atoms with E-state index in [1.54, 1.807) is 13.2 Å². The van der Waals surface area contributed by atoms with Crippen molar-refractivity contribution in [3.8, 4) is 5.75 Å². The third-order valence-corrected chi connectivity index (χ3v) is 3.72. The smallest absolute Gasteiger partial charge is 0.124 e. The minimum Gasteiger partial charge on any atom is -0.496 e. The van der Waals surface area contributed by atoms with Crippen molar-refractivity contribution in [2.24, 2.45) is 0 Å². The highest BCUT2D eigenvalue weighted by molar-refractivity contribution is 9.10. The van der Waals surface area contributed by atoms with Gasteiger partial charge in [0.05, 0.1) is 13.2 Å². The van der Waals surface area contributed by atoms with Crippen LogP contribution in [-0.2, 0) is 0 Å². The molecule has 0 fully saturated rings. The van der Waals surface area contributed by atoms with Crippen molar-refractivity contribution in [2.45, 2.75) is 19.4 Å². The van der Waals surface area contributed by atoms with Gasteiger partial charge in [0.25, 0.3) is 0 Å². The second-order valence-electron chi connectivity index (χ2n) is 4.83. The Hall–Kier alpha value is -1.39. The third kappa shape index (κ3) is 4.05. The van der Waals surface area contributed by atoms with E-state index >= 15 is 0 Å². The maximum Gasteiger partial charge on any atom is 0.124 e. The van der Waals surface area contributed by atoms with Gasteiger partial charge < -0.3 is 10.1 Å². The Labute approximate surface area is 133 Å². The third-order valence-electron chi connectivity index (χ3n) is 3.27. The van der Waals surface area contributed by atoms with Crippen LogP contribution in [0.3, 0.4) is 0 Å². The normalized spacial score (nSPS) is 12.2. The molecule has 0 aliphatic carbocycles. The fourth-order valence-electron chi connectivity index (χ4n) is 2.34. The van der Waals surface area contributed by atoms with E-state index in [0.717, 1.165) is 34.3 Å². The largest absolute Gasteiger partial charge is 0.496 e. The number of nitrogens with one attached hydrogen (secondary N) is 1. The summed E-state index contributed by atoms with van der Waals surface area (Å²) in [5.41, 5.74) is 1.88. The van der Waals surface area contributed by atoms with Crippen molar-refractivity contribution in [2.75, 3.05) is 13.7 Å². The minimum absolute atomic E-state index is 0.104. The van der Waals surface area contributed by atoms with E-state index in [2.05, 4.69) is 28.2 Å². The fraction of sp³-hybridized carbons (Fsp3) is 0.294. The van der Waals surface area contributed by atoms with Gasteiger partial charge >= 0.3 is 0 Å². The SMILES string of the molecule is CCCNC(c1cc(F)cc(Br)c1)c1ccccc1OC. The summed E-state index contributed by atoms with van der Waals surface area (Å²) in [6.45, 7) is 2.95. The number of benzene rings is 2. The topological polar surface area (TPSA) is 21.3 Å². The lowest BCUT2D eigenvalue weighted by Crippen LogP contribution is -2.23. The summed E-state index contributed by atoms with van der Waals surface area (Å²) in [6, 6.07) is 12.7. The zero-order valence-electron chi connectivity index (χ0n) is 12.2. The van der Waals surface area contributed by atoms with Crippen molar-refractivity contribution in [1.82, 2.24) is 5.32 Å². The number of rotatable bonds is 6. The van der Waals surface area contributed by atoms with Gasteiger partial charge in [-0.1, -0.05) is 41.1 Å². The van der Waals surface area contributed by atoms with Crippen molar-refractivity contribution < 1.29 is 9.13 Å². The van der Waals surface area contributed by atoms with Crippen LogP contribution in [0.15, 0.2) is 46.9 Å². The highest BCUT2D eigenvalue weighted by Crippen LogP contribution is 2.31. The van der Waals surface area contributed by atoms with E-state index in [4.69, 9.17) is 4.74 Å². The van der Waals surface area contributed by atoms with Crippen molar-refractivity contribution in [3.63, 3.8) is 0 Å². The molecule has 21 heavy (non-hydrogen) atoms. The Morgan fingerprint density at radius 1 is 1.24 bits per heavy atom. The molecule has 1 unspecified atom stereocenters. The number of methoxy groups -OCH3 is 1. The summed E-state index contributed by atoms with van der Waals surface area (Å²) in [5, 5.41) is 3.46. The van der Waals surface area contributed by atoms with E-state index in [-0.39, 0.29) is 11.9 Å². The summed E-state index contributed by atoms with van der Waals surface area (Å²) in [7, 11) is 1.65. The zero-order chi connectivity index (χ0) is 15.2. The van der Waals surface area contributed by atoms with Crippen LogP contribution in [0, 0.1) is 5.82 Å². The van der Waals surface area contributed by atoms with Crippen LogP contribution >= 0.6 is 15.9 Å². The van der Waals surface area contributed by atoms with Crippen molar-refractivity contribution in [1.29, 1.82) is 0 Å². The molecule has 0 aliphatic rings. The van der Waals surface area contributed by atoms with Crippen LogP contribution < -0.4 is 10.1 Å². The molecule has 0 heterocycles. The Morgan fingerprint density at radius 3 is 2.67 bits per heavy atom. The first kappa shape index (κ1) is 16.0. The first-order valence-electron chi connectivity index (χ1n) is 6.98. The van der Waals surface area contributed by atoms with Gasteiger partial charge in [0, 0.05) is 10.0 Å². The predicted octanol–water partition coefficient (Wildman–Crippen LogP) is 4.69. The molecule has 2 rings (SSSR count). The molecule has 0 aromatic heterocycles. The molecule has 0 bridgehead atoms. The first-order chi connectivity index (χ1) is 10.2. The van der Waals surface area contributed by atoms with Gasteiger partial charge in [0.1, 0.15) is 11.6 Å². The van der Waals surface area contributed by atoms with Crippen LogP contribution in [0.1, 0.15) is 30.5 Å². The lowest BCUT2D eigenvalue weighted by Gasteiger charge is -2.22. The Balaban J connectivity index is 2.46. The average molecular weight is 352 g/mol. The van der Waals surface area contributed by atoms with Crippen LogP contribution in [0.2, 0.25) is 0 Å². The number of halogens is 2. The zero-order valence-corrected chi connectivity index (χ0v) is 13.8. The number of ether oxygens (including phenoxy) is 1. The monoisotopic (exact) mass is 351 g/mol. The Bertz CT molecular complexity index is 583. The van der Waals surface area contributed by atoms with Gasteiger partial charge in [-0.2, -0.15) is 0 Å². The van der Waals surface area contributed by atoms with Gasteiger partial charge in [-0.05, 0) is 42.8 Å². The summed E-state index contributed by atoms with van der Waals surface area (Å²) >= 11 is 3.36. The quantitative estimate of drug-likeness (QED) is 0.815. The molecule has 2 aromatic carbocycles. The van der Waals surface area contributed by atoms with Gasteiger partial charge in [0.2, 0.25) is 0 Å². The summed E-state index contributed by atoms with van der Waals surface area (Å²) in [5.74, 6) is 0.545. The molecular weight excluding hydrogens is 333 g/mol. The van der Waals surface area contributed by atoms with Crippen LogP contribution in [0.25, 0.3) is 0 Å².